The van der Waals surface area contributed by atoms with Gasteiger partial charge in [0.2, 0.25) is 0 Å². The van der Waals surface area contributed by atoms with Crippen LogP contribution in [-0.2, 0) is 0 Å². The van der Waals surface area contributed by atoms with Crippen molar-refractivity contribution in [2.24, 2.45) is 11.7 Å². The van der Waals surface area contributed by atoms with Crippen LogP contribution >= 0.6 is 22.6 Å². The molecule has 2 unspecified atom stereocenters. The summed E-state index contributed by atoms with van der Waals surface area (Å²) in [5.41, 5.74) is 6.24. The van der Waals surface area contributed by atoms with Gasteiger partial charge in [0.1, 0.15) is 11.5 Å². The van der Waals surface area contributed by atoms with Gasteiger partial charge in [0.05, 0.1) is 8.49 Å². The Morgan fingerprint density at radius 2 is 2.26 bits per heavy atom. The highest BCUT2D eigenvalue weighted by molar-refractivity contribution is 14.1. The zero-order valence-corrected chi connectivity index (χ0v) is 12.6. The van der Waals surface area contributed by atoms with Crippen molar-refractivity contribution in [3.8, 4) is 0 Å². The van der Waals surface area contributed by atoms with Gasteiger partial charge in [-0.15, -0.1) is 0 Å². The number of rotatable bonds is 2. The van der Waals surface area contributed by atoms with Crippen molar-refractivity contribution in [3.05, 3.63) is 31.6 Å². The topological polar surface area (TPSA) is 72.4 Å². The largest absolute Gasteiger partial charge is 0.366 e. The molecule has 2 atom stereocenters. The van der Waals surface area contributed by atoms with E-state index in [2.05, 4.69) is 0 Å². The number of nitrogens with zero attached hydrogens (tertiary/aromatic N) is 2. The predicted octanol–water partition coefficient (Wildman–Crippen LogP) is 2.51. The molecule has 0 bridgehead atoms. The van der Waals surface area contributed by atoms with Crippen molar-refractivity contribution in [2.75, 3.05) is 18.0 Å². The molecular formula is C12H15FIN3O2. The number of anilines is 1. The van der Waals surface area contributed by atoms with Gasteiger partial charge in [-0.25, -0.2) is 4.39 Å². The molecule has 0 aromatic heterocycles. The third-order valence-corrected chi connectivity index (χ3v) is 4.35. The van der Waals surface area contributed by atoms with E-state index in [9.17, 15) is 14.5 Å². The van der Waals surface area contributed by atoms with E-state index in [1.54, 1.807) is 22.6 Å². The van der Waals surface area contributed by atoms with Gasteiger partial charge < -0.3 is 10.6 Å². The molecule has 19 heavy (non-hydrogen) atoms. The Morgan fingerprint density at radius 1 is 1.58 bits per heavy atom. The van der Waals surface area contributed by atoms with Crippen molar-refractivity contribution in [1.82, 2.24) is 0 Å². The molecule has 0 radical (unpaired) electrons. The van der Waals surface area contributed by atoms with Crippen LogP contribution in [0.5, 0.6) is 0 Å². The first kappa shape index (κ1) is 14.4. The number of hydrogen-bond acceptors (Lipinski definition) is 4. The Labute approximate surface area is 124 Å². The molecule has 2 rings (SSSR count). The summed E-state index contributed by atoms with van der Waals surface area (Å²) in [5, 5.41) is 11.1. The van der Waals surface area contributed by atoms with Crippen LogP contribution in [0, 0.1) is 25.4 Å². The van der Waals surface area contributed by atoms with Gasteiger partial charge in [-0.05, 0) is 34.9 Å². The van der Waals surface area contributed by atoms with Crippen molar-refractivity contribution in [1.29, 1.82) is 0 Å². The van der Waals surface area contributed by atoms with E-state index in [0.717, 1.165) is 6.42 Å². The fourth-order valence-corrected chi connectivity index (χ4v) is 2.76. The van der Waals surface area contributed by atoms with E-state index >= 15 is 0 Å². The molecule has 0 aliphatic carbocycles. The van der Waals surface area contributed by atoms with Crippen LogP contribution in [0.1, 0.15) is 13.3 Å². The smallest absolute Gasteiger partial charge is 0.293 e. The number of nitro benzene ring substituents is 1. The molecule has 1 aromatic carbocycles. The van der Waals surface area contributed by atoms with Gasteiger partial charge in [0.15, 0.2) is 0 Å². The van der Waals surface area contributed by atoms with E-state index in [0.29, 0.717) is 18.8 Å². The van der Waals surface area contributed by atoms with Crippen molar-refractivity contribution in [3.63, 3.8) is 0 Å². The molecule has 2 N–H and O–H groups in total. The van der Waals surface area contributed by atoms with Crippen molar-refractivity contribution < 1.29 is 9.31 Å². The van der Waals surface area contributed by atoms with Crippen LogP contribution in [0.25, 0.3) is 0 Å². The van der Waals surface area contributed by atoms with E-state index in [1.807, 2.05) is 11.8 Å². The van der Waals surface area contributed by atoms with E-state index in [-0.39, 0.29) is 21.2 Å². The van der Waals surface area contributed by atoms with Crippen LogP contribution in [0.3, 0.4) is 0 Å². The highest BCUT2D eigenvalue weighted by Crippen LogP contribution is 2.34. The second kappa shape index (κ2) is 5.58. The molecule has 1 aliphatic rings. The lowest BCUT2D eigenvalue weighted by Gasteiger charge is -2.36. The standard InChI is InChI=1S/C12H15FIN3O2/c1-7-6-16(3-2-10(7)15)11-4-8(13)9(14)5-12(11)17(18)19/h4-5,7,10H,2-3,6,15H2,1H3. The fourth-order valence-electron chi connectivity index (χ4n) is 2.31. The molecule has 0 spiro atoms. The van der Waals surface area contributed by atoms with Crippen molar-refractivity contribution in [2.45, 2.75) is 19.4 Å². The van der Waals surface area contributed by atoms with Crippen LogP contribution in [0.2, 0.25) is 0 Å². The van der Waals surface area contributed by atoms with Gasteiger partial charge in [0, 0.05) is 31.3 Å². The van der Waals surface area contributed by atoms with Crippen LogP contribution in [-0.4, -0.2) is 24.1 Å². The zero-order valence-electron chi connectivity index (χ0n) is 10.5. The van der Waals surface area contributed by atoms with Gasteiger partial charge >= 0.3 is 0 Å². The normalized spacial score (nSPS) is 23.5. The Morgan fingerprint density at radius 3 is 2.84 bits per heavy atom. The number of nitrogens with two attached hydrogens (primary N) is 1. The first-order valence-electron chi connectivity index (χ1n) is 6.04. The summed E-state index contributed by atoms with van der Waals surface area (Å²) >= 11 is 1.76. The predicted molar refractivity (Wildman–Crippen MR) is 79.7 cm³/mol. The Balaban J connectivity index is 2.38. The first-order chi connectivity index (χ1) is 8.90. The minimum absolute atomic E-state index is 0.0477. The average Bonchev–Trinajstić information content (AvgIpc) is 2.35. The lowest BCUT2D eigenvalue weighted by Crippen LogP contribution is -2.46. The summed E-state index contributed by atoms with van der Waals surface area (Å²) in [6, 6.07) is 2.64. The summed E-state index contributed by atoms with van der Waals surface area (Å²) in [4.78, 5) is 12.5. The zero-order chi connectivity index (χ0) is 14.2. The number of nitro groups is 1. The van der Waals surface area contributed by atoms with Crippen LogP contribution in [0.4, 0.5) is 15.8 Å². The molecule has 7 heteroatoms. The van der Waals surface area contributed by atoms with Gasteiger partial charge in [0.25, 0.3) is 5.69 Å². The number of piperidine rings is 1. The first-order valence-corrected chi connectivity index (χ1v) is 7.12. The minimum Gasteiger partial charge on any atom is -0.366 e. The maximum atomic E-state index is 13.7. The fraction of sp³-hybridized carbons (Fsp3) is 0.500. The lowest BCUT2D eigenvalue weighted by molar-refractivity contribution is -0.384. The summed E-state index contributed by atoms with van der Waals surface area (Å²) in [6.45, 7) is 3.24. The lowest BCUT2D eigenvalue weighted by atomic mass is 9.94. The van der Waals surface area contributed by atoms with Gasteiger partial charge in [-0.2, -0.15) is 0 Å². The van der Waals surface area contributed by atoms with Gasteiger partial charge in [-0.3, -0.25) is 10.1 Å². The Kier molecular flexibility index (Phi) is 4.24. The molecular weight excluding hydrogens is 364 g/mol. The van der Waals surface area contributed by atoms with E-state index in [4.69, 9.17) is 5.73 Å². The molecule has 0 amide bonds. The highest BCUT2D eigenvalue weighted by atomic mass is 127. The van der Waals surface area contributed by atoms with E-state index < -0.39 is 10.7 Å². The molecule has 104 valence electrons. The Bertz CT molecular complexity index is 512. The maximum absolute atomic E-state index is 13.7. The van der Waals surface area contributed by atoms with Gasteiger partial charge in [-0.1, -0.05) is 6.92 Å². The highest BCUT2D eigenvalue weighted by Gasteiger charge is 2.28. The molecule has 1 heterocycles. The maximum Gasteiger partial charge on any atom is 0.293 e. The summed E-state index contributed by atoms with van der Waals surface area (Å²) < 4.78 is 13.9. The number of halogens is 2. The molecule has 1 saturated heterocycles. The second-order valence-electron chi connectivity index (χ2n) is 4.89. The third-order valence-electron chi connectivity index (χ3n) is 3.53. The third kappa shape index (κ3) is 2.97. The monoisotopic (exact) mass is 379 g/mol. The van der Waals surface area contributed by atoms with Crippen LogP contribution < -0.4 is 10.6 Å². The molecule has 1 fully saturated rings. The number of hydrogen-bond donors (Lipinski definition) is 1. The van der Waals surface area contributed by atoms with Crippen molar-refractivity contribution >= 4 is 34.0 Å². The summed E-state index contributed by atoms with van der Waals surface area (Å²) in [6.07, 6.45) is 0.756. The average molecular weight is 379 g/mol. The SMILES string of the molecule is CC1CN(c2cc(F)c(I)cc2[N+](=O)[O-])CCC1N. The molecule has 1 aromatic rings. The molecule has 5 nitrogen and oxygen atoms in total. The second-order valence-corrected chi connectivity index (χ2v) is 6.05. The minimum atomic E-state index is -0.462. The Hall–Kier alpha value is -0.960. The van der Waals surface area contributed by atoms with E-state index in [1.165, 1.54) is 12.1 Å². The molecule has 1 aliphatic heterocycles. The summed E-state index contributed by atoms with van der Waals surface area (Å²) in [5.74, 6) is -0.195. The number of benzene rings is 1. The molecule has 0 saturated carbocycles. The quantitative estimate of drug-likeness (QED) is 0.487. The summed E-state index contributed by atoms with van der Waals surface area (Å²) in [7, 11) is 0. The van der Waals surface area contributed by atoms with Crippen LogP contribution in [0.15, 0.2) is 12.1 Å².